The molecule has 1 aromatic rings. The Morgan fingerprint density at radius 1 is 1.50 bits per heavy atom. The molecule has 0 unspecified atom stereocenters. The Morgan fingerprint density at radius 3 is 3.17 bits per heavy atom. The molecule has 0 bridgehead atoms. The SMILES string of the molecule is COc1cccc([C@H]2CCN(CCCC#N)C2)c1. The van der Waals surface area contributed by atoms with Gasteiger partial charge in [0.05, 0.1) is 13.2 Å². The summed E-state index contributed by atoms with van der Waals surface area (Å²) in [6.45, 7) is 3.31. The number of nitrogens with zero attached hydrogens (tertiary/aromatic N) is 2. The molecule has 0 spiro atoms. The third kappa shape index (κ3) is 3.24. The van der Waals surface area contributed by atoms with E-state index in [9.17, 15) is 0 Å². The van der Waals surface area contributed by atoms with Crippen LogP contribution in [0, 0.1) is 11.3 Å². The van der Waals surface area contributed by atoms with Crippen LogP contribution in [0.15, 0.2) is 24.3 Å². The summed E-state index contributed by atoms with van der Waals surface area (Å²) >= 11 is 0. The first-order chi connectivity index (χ1) is 8.83. The summed E-state index contributed by atoms with van der Waals surface area (Å²) < 4.78 is 5.27. The minimum absolute atomic E-state index is 0.613. The molecule has 0 aromatic heterocycles. The molecule has 1 aliphatic rings. The first-order valence-corrected chi connectivity index (χ1v) is 6.56. The lowest BCUT2D eigenvalue weighted by molar-refractivity contribution is 0.331. The molecule has 1 aromatic carbocycles. The Balaban J connectivity index is 1.89. The highest BCUT2D eigenvalue weighted by Crippen LogP contribution is 2.29. The highest BCUT2D eigenvalue weighted by atomic mass is 16.5. The lowest BCUT2D eigenvalue weighted by atomic mass is 9.98. The molecule has 2 rings (SSSR count). The maximum Gasteiger partial charge on any atom is 0.119 e. The second-order valence-electron chi connectivity index (χ2n) is 4.82. The van der Waals surface area contributed by atoms with Crippen LogP contribution in [-0.4, -0.2) is 31.6 Å². The van der Waals surface area contributed by atoms with Crippen molar-refractivity contribution in [2.45, 2.75) is 25.2 Å². The van der Waals surface area contributed by atoms with E-state index in [2.05, 4.69) is 29.2 Å². The van der Waals surface area contributed by atoms with E-state index in [1.54, 1.807) is 7.11 Å². The largest absolute Gasteiger partial charge is 0.497 e. The Bertz CT molecular complexity index is 425. The zero-order chi connectivity index (χ0) is 12.8. The fraction of sp³-hybridized carbons (Fsp3) is 0.533. The van der Waals surface area contributed by atoms with E-state index in [4.69, 9.17) is 10.00 Å². The van der Waals surface area contributed by atoms with E-state index in [1.165, 1.54) is 12.0 Å². The number of methoxy groups -OCH3 is 1. The Kier molecular flexibility index (Phi) is 4.60. The van der Waals surface area contributed by atoms with Crippen LogP contribution in [0.3, 0.4) is 0 Å². The van der Waals surface area contributed by atoms with Crippen LogP contribution in [0.4, 0.5) is 0 Å². The highest BCUT2D eigenvalue weighted by Gasteiger charge is 2.23. The van der Waals surface area contributed by atoms with Crippen molar-refractivity contribution >= 4 is 0 Å². The first-order valence-electron chi connectivity index (χ1n) is 6.56. The molecule has 1 aliphatic heterocycles. The predicted molar refractivity (Wildman–Crippen MR) is 71.6 cm³/mol. The van der Waals surface area contributed by atoms with Gasteiger partial charge < -0.3 is 9.64 Å². The van der Waals surface area contributed by atoms with Gasteiger partial charge in [0.2, 0.25) is 0 Å². The van der Waals surface area contributed by atoms with Crippen LogP contribution in [0.5, 0.6) is 5.75 Å². The number of hydrogen-bond donors (Lipinski definition) is 0. The van der Waals surface area contributed by atoms with Gasteiger partial charge in [0.25, 0.3) is 0 Å². The summed E-state index contributed by atoms with van der Waals surface area (Å²) in [5.41, 5.74) is 1.37. The summed E-state index contributed by atoms with van der Waals surface area (Å²) in [7, 11) is 1.71. The third-order valence-corrected chi connectivity index (χ3v) is 3.60. The molecule has 1 saturated heterocycles. The molecular weight excluding hydrogens is 224 g/mol. The average molecular weight is 244 g/mol. The van der Waals surface area contributed by atoms with Crippen molar-refractivity contribution in [3.63, 3.8) is 0 Å². The average Bonchev–Trinajstić information content (AvgIpc) is 2.88. The quantitative estimate of drug-likeness (QED) is 0.747. The van der Waals surface area contributed by atoms with Gasteiger partial charge in [-0.05, 0) is 49.5 Å². The highest BCUT2D eigenvalue weighted by molar-refractivity contribution is 5.31. The van der Waals surface area contributed by atoms with Gasteiger partial charge in [0.1, 0.15) is 5.75 Å². The van der Waals surface area contributed by atoms with Crippen molar-refractivity contribution in [1.82, 2.24) is 4.90 Å². The first kappa shape index (κ1) is 12.9. The normalized spacial score (nSPS) is 19.7. The van der Waals surface area contributed by atoms with Crippen LogP contribution in [0.2, 0.25) is 0 Å². The van der Waals surface area contributed by atoms with Crippen molar-refractivity contribution in [1.29, 1.82) is 5.26 Å². The van der Waals surface area contributed by atoms with E-state index in [-0.39, 0.29) is 0 Å². The van der Waals surface area contributed by atoms with E-state index in [1.807, 2.05) is 6.07 Å². The maximum absolute atomic E-state index is 8.55. The number of unbranched alkanes of at least 4 members (excludes halogenated alkanes) is 1. The maximum atomic E-state index is 8.55. The molecule has 3 heteroatoms. The summed E-state index contributed by atoms with van der Waals surface area (Å²) in [6.07, 6.45) is 2.86. The van der Waals surface area contributed by atoms with Crippen LogP contribution < -0.4 is 4.74 Å². The van der Waals surface area contributed by atoms with Crippen molar-refractivity contribution in [2.75, 3.05) is 26.7 Å². The number of rotatable bonds is 5. The van der Waals surface area contributed by atoms with Crippen LogP contribution in [0.1, 0.15) is 30.7 Å². The zero-order valence-electron chi connectivity index (χ0n) is 10.9. The molecule has 18 heavy (non-hydrogen) atoms. The number of benzene rings is 1. The third-order valence-electron chi connectivity index (χ3n) is 3.60. The monoisotopic (exact) mass is 244 g/mol. The van der Waals surface area contributed by atoms with E-state index in [0.717, 1.165) is 31.8 Å². The summed E-state index contributed by atoms with van der Waals surface area (Å²) in [4.78, 5) is 2.46. The van der Waals surface area contributed by atoms with Gasteiger partial charge in [-0.25, -0.2) is 0 Å². The van der Waals surface area contributed by atoms with E-state index in [0.29, 0.717) is 12.3 Å². The molecular formula is C15H20N2O. The molecule has 3 nitrogen and oxygen atoms in total. The van der Waals surface area contributed by atoms with Gasteiger partial charge in [0.15, 0.2) is 0 Å². The molecule has 0 amide bonds. The fourth-order valence-electron chi connectivity index (χ4n) is 2.59. The fourth-order valence-corrected chi connectivity index (χ4v) is 2.59. The predicted octanol–water partition coefficient (Wildman–Crippen LogP) is 2.79. The van der Waals surface area contributed by atoms with Gasteiger partial charge >= 0.3 is 0 Å². The Morgan fingerprint density at radius 2 is 2.39 bits per heavy atom. The van der Waals surface area contributed by atoms with Crippen molar-refractivity contribution < 1.29 is 4.74 Å². The van der Waals surface area contributed by atoms with Gasteiger partial charge in [-0.15, -0.1) is 0 Å². The number of hydrogen-bond acceptors (Lipinski definition) is 3. The molecule has 0 saturated carbocycles. The lowest BCUT2D eigenvalue weighted by Gasteiger charge is -2.15. The van der Waals surface area contributed by atoms with Crippen LogP contribution in [-0.2, 0) is 0 Å². The second-order valence-corrected chi connectivity index (χ2v) is 4.82. The molecule has 1 heterocycles. The van der Waals surface area contributed by atoms with Gasteiger partial charge in [0, 0.05) is 13.0 Å². The van der Waals surface area contributed by atoms with Crippen molar-refractivity contribution in [3.05, 3.63) is 29.8 Å². The zero-order valence-corrected chi connectivity index (χ0v) is 10.9. The lowest BCUT2D eigenvalue weighted by Crippen LogP contribution is -2.21. The molecule has 0 radical (unpaired) electrons. The minimum atomic E-state index is 0.613. The number of nitriles is 1. The standard InChI is InChI=1S/C15H20N2O/c1-18-15-6-4-5-13(11-15)14-7-10-17(12-14)9-3-2-8-16/h4-6,11,14H,2-3,7,9-10,12H2,1H3/t14-/m0/s1. The number of ether oxygens (including phenoxy) is 1. The molecule has 96 valence electrons. The second kappa shape index (κ2) is 6.42. The van der Waals surface area contributed by atoms with Crippen LogP contribution in [0.25, 0.3) is 0 Å². The summed E-state index contributed by atoms with van der Waals surface area (Å²) in [5.74, 6) is 1.55. The summed E-state index contributed by atoms with van der Waals surface area (Å²) in [6, 6.07) is 10.6. The van der Waals surface area contributed by atoms with Crippen molar-refractivity contribution in [2.24, 2.45) is 0 Å². The topological polar surface area (TPSA) is 36.3 Å². The molecule has 0 aliphatic carbocycles. The summed E-state index contributed by atoms with van der Waals surface area (Å²) in [5, 5.41) is 8.55. The van der Waals surface area contributed by atoms with Gasteiger partial charge in [-0.1, -0.05) is 12.1 Å². The molecule has 1 fully saturated rings. The smallest absolute Gasteiger partial charge is 0.119 e. The number of likely N-dealkylation sites (tertiary alicyclic amines) is 1. The Hall–Kier alpha value is -1.53. The molecule has 0 N–H and O–H groups in total. The van der Waals surface area contributed by atoms with E-state index >= 15 is 0 Å². The van der Waals surface area contributed by atoms with Gasteiger partial charge in [-0.2, -0.15) is 5.26 Å². The van der Waals surface area contributed by atoms with Crippen LogP contribution >= 0.6 is 0 Å². The van der Waals surface area contributed by atoms with Gasteiger partial charge in [-0.3, -0.25) is 0 Å². The molecule has 1 atom stereocenters. The Labute approximate surface area is 109 Å². The van der Waals surface area contributed by atoms with Crippen molar-refractivity contribution in [3.8, 4) is 11.8 Å². The minimum Gasteiger partial charge on any atom is -0.497 e. The van der Waals surface area contributed by atoms with E-state index < -0.39 is 0 Å².